The minimum absolute atomic E-state index is 0.0140. The number of aliphatic hydroxyl groups is 1. The maximum absolute atomic E-state index is 14.9. The van der Waals surface area contributed by atoms with Crippen molar-refractivity contribution >= 4 is 47.0 Å². The minimum Gasteiger partial charge on any atom is -0.463 e. The van der Waals surface area contributed by atoms with Crippen molar-refractivity contribution in [2.75, 3.05) is 12.5 Å². The van der Waals surface area contributed by atoms with Crippen LogP contribution in [-0.4, -0.2) is 51.8 Å². The van der Waals surface area contributed by atoms with Gasteiger partial charge in [0.05, 0.1) is 36.5 Å². The third-order valence-corrected chi connectivity index (χ3v) is 9.99. The number of ether oxygens (including phenoxy) is 1. The van der Waals surface area contributed by atoms with E-state index < -0.39 is 77.2 Å². The molecule has 2 aromatic carbocycles. The van der Waals surface area contributed by atoms with Crippen LogP contribution < -0.4 is 5.43 Å². The number of methoxy groups -OCH3 is 1. The molecule has 4 aliphatic rings. The Balaban J connectivity index is 1.44. The highest BCUT2D eigenvalue weighted by Gasteiger charge is 2.71. The van der Waals surface area contributed by atoms with E-state index in [1.165, 1.54) is 24.3 Å². The number of imide groups is 4. The fourth-order valence-corrected chi connectivity index (χ4v) is 8.00. The van der Waals surface area contributed by atoms with Crippen LogP contribution in [0.1, 0.15) is 35.8 Å². The lowest BCUT2D eigenvalue weighted by molar-refractivity contribution is -0.140. The number of hydrogen-bond donors (Lipinski definition) is 2. The van der Waals surface area contributed by atoms with Crippen LogP contribution in [0.15, 0.2) is 76.7 Å². The molecule has 2 aliphatic carbocycles. The fraction of sp³-hybridized carbons (Fsp3) is 0.303. The molecule has 3 heterocycles. The smallest absolute Gasteiger partial charge is 0.423 e. The standard InChI is InChI=1S/C33H27ClFN3O8/c1-45-32(44)37-28(40)22-12-11-21-23(26(22)30(37)42)14-24-29(41)38(36-19-8-6-18(35)7-9-19)31(43)33(24,16-2-4-17(34)5-3-16)27(21)25-13-10-20(15-39)46-25/h2-11,13,22-24,26-27,36,39H,12,14-15H2,1H3/t22-,23+,24-,26-,27+,33+/m0/s1. The zero-order chi connectivity index (χ0) is 32.5. The van der Waals surface area contributed by atoms with Crippen molar-refractivity contribution in [3.63, 3.8) is 0 Å². The molecule has 13 heteroatoms. The van der Waals surface area contributed by atoms with Gasteiger partial charge in [0.15, 0.2) is 0 Å². The van der Waals surface area contributed by atoms with E-state index in [9.17, 15) is 33.5 Å². The molecule has 6 atom stereocenters. The second kappa shape index (κ2) is 10.9. The molecule has 7 rings (SSSR count). The molecule has 11 nitrogen and oxygen atoms in total. The Labute approximate surface area is 266 Å². The van der Waals surface area contributed by atoms with E-state index in [1.807, 2.05) is 0 Å². The summed E-state index contributed by atoms with van der Waals surface area (Å²) in [5, 5.41) is 11.2. The topological polar surface area (TPSA) is 146 Å². The van der Waals surface area contributed by atoms with Crippen molar-refractivity contribution in [3.05, 3.63) is 100 Å². The minimum atomic E-state index is -1.62. The number of amides is 5. The van der Waals surface area contributed by atoms with E-state index in [2.05, 4.69) is 5.43 Å². The van der Waals surface area contributed by atoms with Crippen LogP contribution in [0.2, 0.25) is 5.02 Å². The van der Waals surface area contributed by atoms with Gasteiger partial charge in [-0.1, -0.05) is 35.4 Å². The van der Waals surface area contributed by atoms with Gasteiger partial charge in [0.25, 0.3) is 11.8 Å². The summed E-state index contributed by atoms with van der Waals surface area (Å²) in [7, 11) is 1.08. The van der Waals surface area contributed by atoms with Crippen LogP contribution in [0.3, 0.4) is 0 Å². The maximum atomic E-state index is 14.9. The first kappa shape index (κ1) is 29.9. The van der Waals surface area contributed by atoms with Crippen molar-refractivity contribution in [1.82, 2.24) is 9.91 Å². The third-order valence-electron chi connectivity index (χ3n) is 9.74. The Morgan fingerprint density at radius 3 is 2.39 bits per heavy atom. The van der Waals surface area contributed by atoms with Crippen LogP contribution in [0, 0.1) is 29.5 Å². The SMILES string of the molecule is COC(=O)N1C(=O)[C@H]2[C@H](CC=C3[C@H]2C[C@H]2C(=O)N(Nc4ccc(F)cc4)C(=O)[C@@]2(c2ccc(Cl)cc2)[C@H]3c2ccc(CO)o2)C1=O. The average Bonchev–Trinajstić information content (AvgIpc) is 3.70. The van der Waals surface area contributed by atoms with Crippen molar-refractivity contribution in [3.8, 4) is 0 Å². The second-order valence-electron chi connectivity index (χ2n) is 11.8. The maximum Gasteiger partial charge on any atom is 0.423 e. The molecule has 0 radical (unpaired) electrons. The van der Waals surface area contributed by atoms with E-state index >= 15 is 0 Å². The molecule has 2 aliphatic heterocycles. The van der Waals surface area contributed by atoms with Crippen molar-refractivity contribution in [2.24, 2.45) is 23.7 Å². The van der Waals surface area contributed by atoms with Gasteiger partial charge in [0, 0.05) is 5.02 Å². The molecule has 2 saturated heterocycles. The molecule has 1 aromatic heterocycles. The highest BCUT2D eigenvalue weighted by molar-refractivity contribution is 6.30. The first-order valence-corrected chi connectivity index (χ1v) is 15.0. The van der Waals surface area contributed by atoms with Gasteiger partial charge in [0.2, 0.25) is 11.8 Å². The normalized spacial score (nSPS) is 28.5. The number of carbonyl (C=O) groups is 5. The monoisotopic (exact) mass is 647 g/mol. The number of furan rings is 1. The molecule has 236 valence electrons. The Bertz CT molecular complexity index is 1820. The summed E-state index contributed by atoms with van der Waals surface area (Å²) in [4.78, 5) is 69.4. The first-order valence-electron chi connectivity index (χ1n) is 14.6. The fourth-order valence-electron chi connectivity index (χ4n) is 7.87. The predicted molar refractivity (Wildman–Crippen MR) is 158 cm³/mol. The molecule has 0 spiro atoms. The second-order valence-corrected chi connectivity index (χ2v) is 12.3. The molecule has 0 bridgehead atoms. The number of halogens is 2. The number of carbonyl (C=O) groups excluding carboxylic acids is 5. The molecule has 0 unspecified atom stereocenters. The Morgan fingerprint density at radius 1 is 1.02 bits per heavy atom. The molecular weight excluding hydrogens is 621 g/mol. The lowest BCUT2D eigenvalue weighted by Gasteiger charge is -2.49. The van der Waals surface area contributed by atoms with Gasteiger partial charge in [-0.05, 0) is 72.9 Å². The Kier molecular flexibility index (Phi) is 7.09. The van der Waals surface area contributed by atoms with E-state index in [1.54, 1.807) is 42.5 Å². The summed E-state index contributed by atoms with van der Waals surface area (Å²) in [6.07, 6.45) is 0.791. The van der Waals surface area contributed by atoms with E-state index in [0.29, 0.717) is 21.1 Å². The van der Waals surface area contributed by atoms with Gasteiger partial charge in [-0.25, -0.2) is 9.18 Å². The molecule has 2 N–H and O–H groups in total. The van der Waals surface area contributed by atoms with Gasteiger partial charge in [0.1, 0.15) is 29.4 Å². The largest absolute Gasteiger partial charge is 0.463 e. The number of fused-ring (bicyclic) bond motifs is 4. The quantitative estimate of drug-likeness (QED) is 0.305. The molecular formula is C33H27ClFN3O8. The van der Waals surface area contributed by atoms with Crippen LogP contribution in [0.25, 0.3) is 0 Å². The number of aliphatic hydroxyl groups excluding tert-OH is 1. The Morgan fingerprint density at radius 2 is 1.74 bits per heavy atom. The summed E-state index contributed by atoms with van der Waals surface area (Å²) in [6.45, 7) is -0.427. The summed E-state index contributed by atoms with van der Waals surface area (Å²) in [5.74, 6) is -7.30. The third kappa shape index (κ3) is 4.16. The van der Waals surface area contributed by atoms with Crippen molar-refractivity contribution in [2.45, 2.75) is 30.8 Å². The van der Waals surface area contributed by atoms with E-state index in [4.69, 9.17) is 20.8 Å². The van der Waals surface area contributed by atoms with Gasteiger partial charge < -0.3 is 14.3 Å². The van der Waals surface area contributed by atoms with Gasteiger partial charge in [-0.15, -0.1) is 0 Å². The van der Waals surface area contributed by atoms with Crippen LogP contribution in [0.4, 0.5) is 14.9 Å². The number of rotatable bonds is 5. The molecule has 3 fully saturated rings. The molecule has 46 heavy (non-hydrogen) atoms. The van der Waals surface area contributed by atoms with Gasteiger partial charge >= 0.3 is 6.09 Å². The number of allylic oxidation sites excluding steroid dienone is 2. The average molecular weight is 648 g/mol. The highest BCUT2D eigenvalue weighted by Crippen LogP contribution is 2.64. The van der Waals surface area contributed by atoms with E-state index in [0.717, 1.165) is 12.1 Å². The van der Waals surface area contributed by atoms with Crippen LogP contribution >= 0.6 is 11.6 Å². The van der Waals surface area contributed by atoms with Crippen molar-refractivity contribution in [1.29, 1.82) is 0 Å². The lowest BCUT2D eigenvalue weighted by atomic mass is 9.50. The molecule has 5 amide bonds. The predicted octanol–water partition coefficient (Wildman–Crippen LogP) is 4.32. The van der Waals surface area contributed by atoms with Crippen molar-refractivity contribution < 1.29 is 42.6 Å². The van der Waals surface area contributed by atoms with Crippen LogP contribution in [-0.2, 0) is 35.9 Å². The van der Waals surface area contributed by atoms with Gasteiger partial charge in [-0.2, -0.15) is 9.91 Å². The molecule has 3 aromatic rings. The lowest BCUT2D eigenvalue weighted by Crippen LogP contribution is -2.53. The van der Waals surface area contributed by atoms with Gasteiger partial charge in [-0.3, -0.25) is 24.6 Å². The number of nitrogens with zero attached hydrogens (tertiary/aromatic N) is 2. The summed E-state index contributed by atoms with van der Waals surface area (Å²) in [6, 6.07) is 14.9. The molecule has 1 saturated carbocycles. The summed E-state index contributed by atoms with van der Waals surface area (Å²) in [5.41, 5.74) is 2.57. The number of likely N-dealkylation sites (tertiary alicyclic amines) is 1. The number of nitrogens with one attached hydrogen (secondary N) is 1. The highest BCUT2D eigenvalue weighted by atomic mass is 35.5. The summed E-state index contributed by atoms with van der Waals surface area (Å²) >= 11 is 6.26. The number of hydrazine groups is 1. The number of hydrogen-bond acceptors (Lipinski definition) is 9. The zero-order valence-corrected chi connectivity index (χ0v) is 25.1. The number of anilines is 1. The van der Waals surface area contributed by atoms with Crippen LogP contribution in [0.5, 0.6) is 0 Å². The number of benzene rings is 2. The zero-order valence-electron chi connectivity index (χ0n) is 24.3. The van der Waals surface area contributed by atoms with E-state index in [-0.39, 0.29) is 30.0 Å². The Hall–Kier alpha value is -4.81. The summed E-state index contributed by atoms with van der Waals surface area (Å²) < 4.78 is 24.5. The first-order chi connectivity index (χ1) is 22.1.